The Bertz CT molecular complexity index is 579. The van der Waals surface area contributed by atoms with E-state index in [0.29, 0.717) is 12.5 Å². The van der Waals surface area contributed by atoms with E-state index in [1.54, 1.807) is 5.06 Å². The molecule has 3 aliphatic heterocycles. The Morgan fingerprint density at radius 3 is 2.31 bits per heavy atom. The molecule has 4 rings (SSSR count). The zero-order chi connectivity index (χ0) is 21.0. The van der Waals surface area contributed by atoms with Crippen LogP contribution in [-0.2, 0) is 19.2 Å². The van der Waals surface area contributed by atoms with E-state index in [1.165, 1.54) is 25.8 Å². The average Bonchev–Trinajstić information content (AvgIpc) is 3.18. The second-order valence-corrected chi connectivity index (χ2v) is 8.24. The van der Waals surface area contributed by atoms with Gasteiger partial charge in [-0.3, -0.25) is 9.63 Å². The first kappa shape index (κ1) is 22.3. The summed E-state index contributed by atoms with van der Waals surface area (Å²) in [6.07, 6.45) is 2.30. The number of amides is 1. The van der Waals surface area contributed by atoms with Crippen molar-refractivity contribution in [1.29, 1.82) is 0 Å². The first-order valence-corrected chi connectivity index (χ1v) is 10.3. The van der Waals surface area contributed by atoms with Crippen LogP contribution in [0.15, 0.2) is 0 Å². The first-order chi connectivity index (χ1) is 13.8. The van der Waals surface area contributed by atoms with Gasteiger partial charge in [-0.05, 0) is 38.0 Å². The molecule has 1 saturated carbocycles. The Kier molecular flexibility index (Phi) is 7.39. The van der Waals surface area contributed by atoms with Crippen LogP contribution in [0.3, 0.4) is 0 Å². The lowest BCUT2D eigenvalue weighted by Gasteiger charge is -2.46. The van der Waals surface area contributed by atoms with E-state index in [9.17, 15) is 18.0 Å². The molecule has 3 heterocycles. The lowest BCUT2D eigenvalue weighted by molar-refractivity contribution is -0.192. The largest absolute Gasteiger partial charge is 0.490 e. The quantitative estimate of drug-likeness (QED) is 0.752. The van der Waals surface area contributed by atoms with Crippen molar-refractivity contribution in [1.82, 2.24) is 9.96 Å². The molecular weight excluding hydrogens is 393 g/mol. The van der Waals surface area contributed by atoms with Crippen LogP contribution in [0.2, 0.25) is 0 Å². The van der Waals surface area contributed by atoms with Crippen molar-refractivity contribution < 1.29 is 37.4 Å². The molecule has 4 fully saturated rings. The van der Waals surface area contributed by atoms with Crippen molar-refractivity contribution >= 4 is 11.9 Å². The van der Waals surface area contributed by atoms with E-state index >= 15 is 0 Å². The maximum atomic E-state index is 12.8. The van der Waals surface area contributed by atoms with Gasteiger partial charge in [0.15, 0.2) is 0 Å². The molecule has 7 nitrogen and oxygen atoms in total. The molecule has 1 N–H and O–H groups in total. The fraction of sp³-hybridized carbons (Fsp3) is 0.895. The molecular formula is C19H29F3N2O5. The molecule has 1 aliphatic carbocycles. The summed E-state index contributed by atoms with van der Waals surface area (Å²) in [5.74, 6) is -1.19. The number of ether oxygens (including phenoxy) is 1. The van der Waals surface area contributed by atoms with E-state index < -0.39 is 12.1 Å². The van der Waals surface area contributed by atoms with Crippen molar-refractivity contribution in [2.45, 2.75) is 50.8 Å². The highest BCUT2D eigenvalue weighted by atomic mass is 19.4. The van der Waals surface area contributed by atoms with Crippen LogP contribution in [0.5, 0.6) is 0 Å². The van der Waals surface area contributed by atoms with E-state index in [1.807, 2.05) is 0 Å². The summed E-state index contributed by atoms with van der Waals surface area (Å²) in [4.78, 5) is 29.8. The number of aliphatic carboxylic acids is 1. The summed E-state index contributed by atoms with van der Waals surface area (Å²) in [7, 11) is 0. The maximum Gasteiger partial charge on any atom is 0.490 e. The number of carboxylic acids is 1. The van der Waals surface area contributed by atoms with Gasteiger partial charge in [-0.15, -0.1) is 0 Å². The number of alkyl halides is 3. The fourth-order valence-corrected chi connectivity index (χ4v) is 4.50. The molecule has 0 aromatic heterocycles. The Morgan fingerprint density at radius 2 is 1.76 bits per heavy atom. The summed E-state index contributed by atoms with van der Waals surface area (Å²) in [6.45, 7) is 5.58. The van der Waals surface area contributed by atoms with Crippen molar-refractivity contribution in [2.24, 2.45) is 17.8 Å². The number of carbonyl (C=O) groups excluding carboxylic acids is 1. The van der Waals surface area contributed by atoms with E-state index in [4.69, 9.17) is 19.5 Å². The molecule has 3 atom stereocenters. The maximum absolute atomic E-state index is 12.8. The van der Waals surface area contributed by atoms with Crippen LogP contribution in [0.1, 0.15) is 38.5 Å². The van der Waals surface area contributed by atoms with Crippen molar-refractivity contribution in [3.05, 3.63) is 0 Å². The van der Waals surface area contributed by atoms with Crippen LogP contribution >= 0.6 is 0 Å². The van der Waals surface area contributed by atoms with Crippen LogP contribution in [-0.4, -0.2) is 78.6 Å². The Hall–Kier alpha value is -1.39. The molecule has 0 unspecified atom stereocenters. The van der Waals surface area contributed by atoms with Gasteiger partial charge in [-0.2, -0.15) is 13.2 Å². The number of rotatable bonds is 3. The van der Waals surface area contributed by atoms with E-state index in [0.717, 1.165) is 51.4 Å². The standard InChI is InChI=1S/C17H28N2O3.C2HF3O2/c20-17(19-7-2-9-22-19)14-6-10-21-16-5-8-18(12-15(14)16)11-13-3-1-4-13;3-2(4,5)1(6)7/h13-16H,1-12H2;(H,6,7)/t14-,15+,16-;/m1./s1. The molecule has 10 heteroatoms. The number of halogens is 3. The number of piperidine rings is 1. The lowest BCUT2D eigenvalue weighted by atomic mass is 9.78. The number of hydrogen-bond acceptors (Lipinski definition) is 5. The Morgan fingerprint density at radius 1 is 1.03 bits per heavy atom. The van der Waals surface area contributed by atoms with Gasteiger partial charge in [0.25, 0.3) is 0 Å². The van der Waals surface area contributed by atoms with Crippen LogP contribution in [0.25, 0.3) is 0 Å². The average molecular weight is 422 g/mol. The van der Waals surface area contributed by atoms with Crippen LogP contribution < -0.4 is 0 Å². The third-order valence-corrected chi connectivity index (χ3v) is 6.25. The van der Waals surface area contributed by atoms with Crippen molar-refractivity contribution in [3.63, 3.8) is 0 Å². The number of fused-ring (bicyclic) bond motifs is 1. The van der Waals surface area contributed by atoms with E-state index in [2.05, 4.69) is 4.90 Å². The molecule has 0 spiro atoms. The second-order valence-electron chi connectivity index (χ2n) is 8.24. The third-order valence-electron chi connectivity index (χ3n) is 6.25. The molecule has 0 bridgehead atoms. The fourth-order valence-electron chi connectivity index (χ4n) is 4.50. The van der Waals surface area contributed by atoms with Crippen molar-refractivity contribution in [2.75, 3.05) is 39.4 Å². The highest BCUT2D eigenvalue weighted by Gasteiger charge is 2.44. The molecule has 0 aromatic rings. The summed E-state index contributed by atoms with van der Waals surface area (Å²) in [5.41, 5.74) is 0. The summed E-state index contributed by atoms with van der Waals surface area (Å²) >= 11 is 0. The minimum absolute atomic E-state index is 0.0982. The zero-order valence-corrected chi connectivity index (χ0v) is 16.4. The van der Waals surface area contributed by atoms with Gasteiger partial charge in [0.05, 0.1) is 19.3 Å². The normalized spacial score (nSPS) is 30.7. The van der Waals surface area contributed by atoms with Gasteiger partial charge in [0.1, 0.15) is 0 Å². The van der Waals surface area contributed by atoms with Gasteiger partial charge in [0, 0.05) is 38.1 Å². The van der Waals surface area contributed by atoms with Gasteiger partial charge < -0.3 is 14.7 Å². The Balaban J connectivity index is 0.000000298. The summed E-state index contributed by atoms with van der Waals surface area (Å²) in [5, 5.41) is 8.75. The molecule has 166 valence electrons. The topological polar surface area (TPSA) is 79.3 Å². The zero-order valence-electron chi connectivity index (χ0n) is 16.4. The molecule has 1 amide bonds. The van der Waals surface area contributed by atoms with Crippen molar-refractivity contribution in [3.8, 4) is 0 Å². The van der Waals surface area contributed by atoms with Crippen LogP contribution in [0, 0.1) is 17.8 Å². The lowest BCUT2D eigenvalue weighted by Crippen LogP contribution is -2.54. The van der Waals surface area contributed by atoms with Gasteiger partial charge in [0.2, 0.25) is 5.91 Å². The SMILES string of the molecule is O=C(O)C(F)(F)F.O=C([C@@H]1CCO[C@@H]2CCN(CC3CCC3)C[C@H]21)N1CCCO1. The number of nitrogens with zero attached hydrogens (tertiary/aromatic N) is 2. The highest BCUT2D eigenvalue weighted by Crippen LogP contribution is 2.36. The molecule has 3 saturated heterocycles. The number of hydroxylamine groups is 2. The number of likely N-dealkylation sites (tertiary alicyclic amines) is 1. The van der Waals surface area contributed by atoms with E-state index in [-0.39, 0.29) is 17.9 Å². The Labute approximate surface area is 168 Å². The predicted molar refractivity (Wildman–Crippen MR) is 95.7 cm³/mol. The molecule has 29 heavy (non-hydrogen) atoms. The monoisotopic (exact) mass is 422 g/mol. The van der Waals surface area contributed by atoms with Gasteiger partial charge >= 0.3 is 12.1 Å². The second kappa shape index (κ2) is 9.61. The van der Waals surface area contributed by atoms with Gasteiger partial charge in [-0.1, -0.05) is 6.42 Å². The molecule has 0 aromatic carbocycles. The highest BCUT2D eigenvalue weighted by molar-refractivity contribution is 5.78. The minimum Gasteiger partial charge on any atom is -0.475 e. The first-order valence-electron chi connectivity index (χ1n) is 10.3. The van der Waals surface area contributed by atoms with Gasteiger partial charge in [-0.25, -0.2) is 9.86 Å². The van der Waals surface area contributed by atoms with Crippen LogP contribution in [0.4, 0.5) is 13.2 Å². The third kappa shape index (κ3) is 5.82. The number of carboxylic acid groups (broad SMARTS) is 1. The smallest absolute Gasteiger partial charge is 0.475 e. The number of carbonyl (C=O) groups is 2. The molecule has 4 aliphatic rings. The minimum atomic E-state index is -5.08. The summed E-state index contributed by atoms with van der Waals surface area (Å²) < 4.78 is 37.7. The predicted octanol–water partition coefficient (Wildman–Crippen LogP) is 2.31. The summed E-state index contributed by atoms with van der Waals surface area (Å²) in [6, 6.07) is 0. The number of hydrogen-bond donors (Lipinski definition) is 1. The molecule has 0 radical (unpaired) electrons.